The van der Waals surface area contributed by atoms with Gasteiger partial charge in [-0.2, -0.15) is 0 Å². The van der Waals surface area contributed by atoms with Crippen molar-refractivity contribution in [1.82, 2.24) is 10.3 Å². The molecule has 3 aromatic rings. The van der Waals surface area contributed by atoms with Crippen molar-refractivity contribution in [2.24, 2.45) is 0 Å². The molecule has 2 N–H and O–H groups in total. The van der Waals surface area contributed by atoms with Gasteiger partial charge in [-0.15, -0.1) is 0 Å². The second kappa shape index (κ2) is 9.55. The number of aryl methyl sites for hydroxylation is 3. The van der Waals surface area contributed by atoms with Crippen LogP contribution in [-0.2, 0) is 30.4 Å². The molecule has 0 bridgehead atoms. The summed E-state index contributed by atoms with van der Waals surface area (Å²) in [6.07, 6.45) is 9.70. The molecule has 1 atom stereocenters. The van der Waals surface area contributed by atoms with Gasteiger partial charge >= 0.3 is 0 Å². The molecule has 1 aromatic heterocycles. The minimum absolute atomic E-state index is 0.168. The molecule has 0 radical (unpaired) electrons. The average Bonchev–Trinajstić information content (AvgIpc) is 3.13. The van der Waals surface area contributed by atoms with Gasteiger partial charge in [-0.25, -0.2) is 4.39 Å². The van der Waals surface area contributed by atoms with Crippen LogP contribution in [0.2, 0.25) is 0 Å². The molecule has 0 saturated carbocycles. The van der Waals surface area contributed by atoms with E-state index in [2.05, 4.69) is 28.5 Å². The van der Waals surface area contributed by atoms with Crippen molar-refractivity contribution in [1.29, 1.82) is 0 Å². The SMILES string of the molecule is COCCCc1cccc2c1CC(NCCCc1c[nH]c3ccc(F)cc13)CC2. The molecule has 0 spiro atoms. The highest BCUT2D eigenvalue weighted by Crippen LogP contribution is 2.26. The number of benzene rings is 2. The first-order chi connectivity index (χ1) is 14.2. The van der Waals surface area contributed by atoms with E-state index in [1.807, 2.05) is 12.3 Å². The third-order valence-corrected chi connectivity index (χ3v) is 6.16. The molecule has 3 nitrogen and oxygen atoms in total. The van der Waals surface area contributed by atoms with Crippen LogP contribution in [-0.4, -0.2) is 31.3 Å². The molecule has 0 saturated heterocycles. The second-order valence-corrected chi connectivity index (χ2v) is 8.15. The Hall–Kier alpha value is -2.17. The van der Waals surface area contributed by atoms with Crippen molar-refractivity contribution in [3.8, 4) is 0 Å². The maximum Gasteiger partial charge on any atom is 0.123 e. The highest BCUT2D eigenvalue weighted by atomic mass is 19.1. The number of halogens is 1. The van der Waals surface area contributed by atoms with E-state index in [0.717, 1.165) is 62.6 Å². The van der Waals surface area contributed by atoms with Crippen molar-refractivity contribution >= 4 is 10.9 Å². The van der Waals surface area contributed by atoms with E-state index in [-0.39, 0.29) is 5.82 Å². The first-order valence-corrected chi connectivity index (χ1v) is 10.8. The van der Waals surface area contributed by atoms with Crippen LogP contribution in [0.3, 0.4) is 0 Å². The fourth-order valence-corrected chi connectivity index (χ4v) is 4.62. The van der Waals surface area contributed by atoms with Crippen molar-refractivity contribution in [3.05, 3.63) is 70.7 Å². The number of fused-ring (bicyclic) bond motifs is 2. The third kappa shape index (κ3) is 4.88. The Kier molecular flexibility index (Phi) is 6.63. The van der Waals surface area contributed by atoms with Gasteiger partial charge in [-0.05, 0) is 91.9 Å². The zero-order valence-corrected chi connectivity index (χ0v) is 17.3. The quantitative estimate of drug-likeness (QED) is 0.503. The number of hydrogen-bond donors (Lipinski definition) is 2. The number of H-pyrrole nitrogens is 1. The predicted molar refractivity (Wildman–Crippen MR) is 117 cm³/mol. The second-order valence-electron chi connectivity index (χ2n) is 8.15. The van der Waals surface area contributed by atoms with Gasteiger partial charge in [0.15, 0.2) is 0 Å². The molecule has 154 valence electrons. The molecule has 1 unspecified atom stereocenters. The van der Waals surface area contributed by atoms with Crippen LogP contribution in [0.4, 0.5) is 4.39 Å². The number of aromatic amines is 1. The van der Waals surface area contributed by atoms with Gasteiger partial charge in [0.1, 0.15) is 5.82 Å². The maximum atomic E-state index is 13.5. The zero-order valence-electron chi connectivity index (χ0n) is 17.3. The lowest BCUT2D eigenvalue weighted by Gasteiger charge is -2.27. The standard InChI is InChI=1S/C25H31FN2O/c1-29-14-4-8-18-5-2-6-19-9-11-22(16-23(18)19)27-13-3-7-20-17-28-25-12-10-21(26)15-24(20)25/h2,5-6,10,12,15,17,22,27-28H,3-4,7-9,11,13-14,16H2,1H3. The molecule has 1 heterocycles. The molecule has 0 amide bonds. The summed E-state index contributed by atoms with van der Waals surface area (Å²) in [5.41, 5.74) is 6.79. The predicted octanol–water partition coefficient (Wildman–Crippen LogP) is 4.97. The van der Waals surface area contributed by atoms with Crippen LogP contribution < -0.4 is 5.32 Å². The van der Waals surface area contributed by atoms with Crippen molar-refractivity contribution in [2.45, 2.75) is 51.0 Å². The minimum Gasteiger partial charge on any atom is -0.385 e. The Labute approximate surface area is 172 Å². The molecule has 4 rings (SSSR count). The third-order valence-electron chi connectivity index (χ3n) is 6.16. The lowest BCUT2D eigenvalue weighted by Crippen LogP contribution is -2.35. The van der Waals surface area contributed by atoms with E-state index in [4.69, 9.17) is 4.74 Å². The number of nitrogens with one attached hydrogen (secondary N) is 2. The molecule has 2 aromatic carbocycles. The number of methoxy groups -OCH3 is 1. The van der Waals surface area contributed by atoms with E-state index in [1.165, 1.54) is 29.2 Å². The Morgan fingerprint density at radius 1 is 1.14 bits per heavy atom. The summed E-state index contributed by atoms with van der Waals surface area (Å²) in [5, 5.41) is 4.78. The largest absolute Gasteiger partial charge is 0.385 e. The van der Waals surface area contributed by atoms with Crippen LogP contribution in [0.5, 0.6) is 0 Å². The lowest BCUT2D eigenvalue weighted by atomic mass is 9.84. The van der Waals surface area contributed by atoms with E-state index >= 15 is 0 Å². The van der Waals surface area contributed by atoms with Gasteiger partial charge < -0.3 is 15.0 Å². The topological polar surface area (TPSA) is 37.0 Å². The van der Waals surface area contributed by atoms with E-state index in [9.17, 15) is 4.39 Å². The van der Waals surface area contributed by atoms with Crippen LogP contribution in [0, 0.1) is 5.82 Å². The smallest absolute Gasteiger partial charge is 0.123 e. The lowest BCUT2D eigenvalue weighted by molar-refractivity contribution is 0.195. The summed E-state index contributed by atoms with van der Waals surface area (Å²) in [6, 6.07) is 12.3. The van der Waals surface area contributed by atoms with E-state index < -0.39 is 0 Å². The van der Waals surface area contributed by atoms with Crippen LogP contribution in [0.15, 0.2) is 42.6 Å². The summed E-state index contributed by atoms with van der Waals surface area (Å²) >= 11 is 0. The highest BCUT2D eigenvalue weighted by Gasteiger charge is 2.20. The number of rotatable bonds is 9. The van der Waals surface area contributed by atoms with Crippen LogP contribution in [0.25, 0.3) is 10.9 Å². The average molecular weight is 395 g/mol. The summed E-state index contributed by atoms with van der Waals surface area (Å²) in [7, 11) is 1.77. The first-order valence-electron chi connectivity index (χ1n) is 10.8. The molecular formula is C25H31FN2O. The molecule has 0 fully saturated rings. The fraction of sp³-hybridized carbons (Fsp3) is 0.440. The number of aromatic nitrogens is 1. The molecule has 1 aliphatic rings. The minimum atomic E-state index is -0.168. The van der Waals surface area contributed by atoms with Gasteiger partial charge in [0.2, 0.25) is 0 Å². The van der Waals surface area contributed by atoms with Crippen LogP contribution in [0.1, 0.15) is 41.5 Å². The summed E-state index contributed by atoms with van der Waals surface area (Å²) in [5.74, 6) is -0.168. The summed E-state index contributed by atoms with van der Waals surface area (Å²) in [6.45, 7) is 1.82. The Morgan fingerprint density at radius 3 is 2.93 bits per heavy atom. The summed E-state index contributed by atoms with van der Waals surface area (Å²) < 4.78 is 18.8. The maximum absolute atomic E-state index is 13.5. The van der Waals surface area contributed by atoms with Gasteiger partial charge in [0, 0.05) is 36.9 Å². The van der Waals surface area contributed by atoms with Crippen molar-refractivity contribution < 1.29 is 9.13 Å². The molecule has 1 aliphatic carbocycles. The zero-order chi connectivity index (χ0) is 20.1. The number of ether oxygens (including phenoxy) is 1. The van der Waals surface area contributed by atoms with Crippen LogP contribution >= 0.6 is 0 Å². The number of hydrogen-bond acceptors (Lipinski definition) is 2. The molecule has 29 heavy (non-hydrogen) atoms. The Balaban J connectivity index is 1.30. The Bertz CT molecular complexity index is 949. The monoisotopic (exact) mass is 394 g/mol. The van der Waals surface area contributed by atoms with Crippen molar-refractivity contribution in [2.75, 3.05) is 20.3 Å². The Morgan fingerprint density at radius 2 is 2.03 bits per heavy atom. The van der Waals surface area contributed by atoms with Crippen molar-refractivity contribution in [3.63, 3.8) is 0 Å². The van der Waals surface area contributed by atoms with Gasteiger partial charge in [-0.3, -0.25) is 0 Å². The van der Waals surface area contributed by atoms with Gasteiger partial charge in [-0.1, -0.05) is 18.2 Å². The highest BCUT2D eigenvalue weighted by molar-refractivity contribution is 5.83. The fourth-order valence-electron chi connectivity index (χ4n) is 4.62. The van der Waals surface area contributed by atoms with Gasteiger partial charge in [0.25, 0.3) is 0 Å². The molecule has 4 heteroatoms. The van der Waals surface area contributed by atoms with E-state index in [0.29, 0.717) is 6.04 Å². The molecular weight excluding hydrogens is 363 g/mol. The first kappa shape index (κ1) is 20.1. The summed E-state index contributed by atoms with van der Waals surface area (Å²) in [4.78, 5) is 3.25. The molecule has 0 aliphatic heterocycles. The van der Waals surface area contributed by atoms with Gasteiger partial charge in [0.05, 0.1) is 0 Å². The normalized spacial score (nSPS) is 16.3. The van der Waals surface area contributed by atoms with E-state index in [1.54, 1.807) is 18.7 Å².